The van der Waals surface area contributed by atoms with Crippen LogP contribution in [-0.4, -0.2) is 22.2 Å². The van der Waals surface area contributed by atoms with Crippen molar-refractivity contribution < 1.29 is 4.79 Å². The molecule has 2 aromatic carbocycles. The van der Waals surface area contributed by atoms with Crippen molar-refractivity contribution in [1.82, 2.24) is 9.78 Å². The van der Waals surface area contributed by atoms with Crippen LogP contribution in [0.2, 0.25) is 0 Å². The maximum atomic E-state index is 13.6. The molecular weight excluding hydrogens is 346 g/mol. The molecule has 1 aliphatic rings. The van der Waals surface area contributed by atoms with E-state index in [4.69, 9.17) is 5.10 Å². The average molecular weight is 374 g/mol. The van der Waals surface area contributed by atoms with Gasteiger partial charge in [-0.1, -0.05) is 30.3 Å². The second kappa shape index (κ2) is 7.27. The summed E-state index contributed by atoms with van der Waals surface area (Å²) in [4.78, 5) is 15.4. The van der Waals surface area contributed by atoms with E-state index >= 15 is 0 Å². The Kier molecular flexibility index (Phi) is 4.80. The normalized spacial score (nSPS) is 12.9. The van der Waals surface area contributed by atoms with Gasteiger partial charge in [0, 0.05) is 23.5 Å². The summed E-state index contributed by atoms with van der Waals surface area (Å²) >= 11 is 0. The number of aromatic nitrogens is 2. The minimum atomic E-state index is 0.00156. The van der Waals surface area contributed by atoms with E-state index in [1.54, 1.807) is 0 Å². The molecule has 1 amide bonds. The Balaban J connectivity index is 1.81. The monoisotopic (exact) mass is 373 g/mol. The number of rotatable bonds is 4. The number of para-hydroxylation sites is 1. The molecule has 4 rings (SSSR count). The minimum absolute atomic E-state index is 0.00156. The molecule has 0 unspecified atom stereocenters. The molecule has 0 radical (unpaired) electrons. The molecule has 4 nitrogen and oxygen atoms in total. The summed E-state index contributed by atoms with van der Waals surface area (Å²) in [7, 11) is 0. The molecule has 0 spiro atoms. The molecule has 3 aromatic rings. The largest absolute Gasteiger partial charge is 0.307 e. The molecule has 0 atom stereocenters. The summed E-state index contributed by atoms with van der Waals surface area (Å²) < 4.78 is 2.00. The first kappa shape index (κ1) is 18.5. The summed E-state index contributed by atoms with van der Waals surface area (Å²) in [5, 5.41) is 4.83. The number of aryl methyl sites for hydroxylation is 3. The Hall–Kier alpha value is -2.88. The van der Waals surface area contributed by atoms with Gasteiger partial charge in [-0.3, -0.25) is 4.79 Å². The van der Waals surface area contributed by atoms with E-state index in [0.717, 1.165) is 47.3 Å². The third kappa shape index (κ3) is 3.03. The molecule has 1 heterocycles. The third-order valence-electron chi connectivity index (χ3n) is 5.69. The lowest BCUT2D eigenvalue weighted by atomic mass is 10.1. The van der Waals surface area contributed by atoms with Crippen molar-refractivity contribution in [2.45, 2.75) is 47.0 Å². The number of benzene rings is 2. The number of hydrogen-bond donors (Lipinski definition) is 0. The van der Waals surface area contributed by atoms with Gasteiger partial charge >= 0.3 is 0 Å². The molecular formula is C24H27N3O. The highest BCUT2D eigenvalue weighted by molar-refractivity contribution is 6.06. The SMILES string of the molecule is CCN(C(=O)c1nn(-c2ccccc2C)c2c1CCC2)c1cc(C)ccc1C. The summed E-state index contributed by atoms with van der Waals surface area (Å²) in [6.07, 6.45) is 2.97. The quantitative estimate of drug-likeness (QED) is 0.649. The highest BCUT2D eigenvalue weighted by atomic mass is 16.2. The first-order valence-electron chi connectivity index (χ1n) is 10.1. The smallest absolute Gasteiger partial charge is 0.279 e. The Morgan fingerprint density at radius 2 is 1.86 bits per heavy atom. The summed E-state index contributed by atoms with van der Waals surface area (Å²) in [5.41, 5.74) is 8.39. The van der Waals surface area contributed by atoms with Crippen molar-refractivity contribution in [2.75, 3.05) is 11.4 Å². The number of nitrogens with zero attached hydrogens (tertiary/aromatic N) is 3. The van der Waals surface area contributed by atoms with Gasteiger partial charge in [0.1, 0.15) is 0 Å². The van der Waals surface area contributed by atoms with Crippen molar-refractivity contribution in [2.24, 2.45) is 0 Å². The van der Waals surface area contributed by atoms with Gasteiger partial charge in [0.05, 0.1) is 5.69 Å². The zero-order chi connectivity index (χ0) is 19.8. The number of fused-ring (bicyclic) bond motifs is 1. The van der Waals surface area contributed by atoms with Crippen LogP contribution < -0.4 is 4.90 Å². The zero-order valence-corrected chi connectivity index (χ0v) is 17.1. The van der Waals surface area contributed by atoms with Crippen LogP contribution in [0.3, 0.4) is 0 Å². The summed E-state index contributed by atoms with van der Waals surface area (Å²) in [6.45, 7) is 8.86. The maximum absolute atomic E-state index is 13.6. The van der Waals surface area contributed by atoms with E-state index in [0.29, 0.717) is 12.2 Å². The van der Waals surface area contributed by atoms with E-state index in [-0.39, 0.29) is 5.91 Å². The van der Waals surface area contributed by atoms with Gasteiger partial charge in [0.25, 0.3) is 5.91 Å². The van der Waals surface area contributed by atoms with Gasteiger partial charge in [0.15, 0.2) is 5.69 Å². The maximum Gasteiger partial charge on any atom is 0.279 e. The molecule has 0 saturated carbocycles. The minimum Gasteiger partial charge on any atom is -0.307 e. The van der Waals surface area contributed by atoms with Gasteiger partial charge < -0.3 is 4.90 Å². The Labute approximate surface area is 166 Å². The van der Waals surface area contributed by atoms with E-state index in [1.807, 2.05) is 28.6 Å². The van der Waals surface area contributed by atoms with Crippen LogP contribution in [0.5, 0.6) is 0 Å². The van der Waals surface area contributed by atoms with Crippen LogP contribution in [-0.2, 0) is 12.8 Å². The number of hydrogen-bond acceptors (Lipinski definition) is 2. The number of carbonyl (C=O) groups is 1. The second-order valence-corrected chi connectivity index (χ2v) is 7.67. The van der Waals surface area contributed by atoms with Crippen molar-refractivity contribution in [3.63, 3.8) is 0 Å². The first-order valence-corrected chi connectivity index (χ1v) is 10.1. The molecule has 0 fully saturated rings. The van der Waals surface area contributed by atoms with Crippen molar-refractivity contribution >= 4 is 11.6 Å². The lowest BCUT2D eigenvalue weighted by Crippen LogP contribution is -2.32. The highest BCUT2D eigenvalue weighted by Crippen LogP contribution is 2.31. The summed E-state index contributed by atoms with van der Waals surface area (Å²) in [6, 6.07) is 14.5. The van der Waals surface area contributed by atoms with Crippen LogP contribution in [0.4, 0.5) is 5.69 Å². The highest BCUT2D eigenvalue weighted by Gasteiger charge is 2.30. The van der Waals surface area contributed by atoms with Gasteiger partial charge in [-0.05, 0) is 75.8 Å². The number of carbonyl (C=O) groups excluding carboxylic acids is 1. The zero-order valence-electron chi connectivity index (χ0n) is 17.1. The van der Waals surface area contributed by atoms with Gasteiger partial charge in [-0.2, -0.15) is 5.10 Å². The van der Waals surface area contributed by atoms with Crippen LogP contribution in [0, 0.1) is 20.8 Å². The van der Waals surface area contributed by atoms with E-state index in [9.17, 15) is 4.79 Å². The third-order valence-corrected chi connectivity index (χ3v) is 5.69. The molecule has 0 aliphatic heterocycles. The van der Waals surface area contributed by atoms with E-state index in [1.165, 1.54) is 11.3 Å². The lowest BCUT2D eigenvalue weighted by molar-refractivity contribution is 0.0982. The fourth-order valence-electron chi connectivity index (χ4n) is 4.17. The molecule has 1 aliphatic carbocycles. The standard InChI is InChI=1S/C24H27N3O/c1-5-26(22-15-16(2)13-14-18(22)4)24(28)23-19-10-8-12-21(19)27(25-23)20-11-7-6-9-17(20)3/h6-7,9,11,13-15H,5,8,10,12H2,1-4H3. The van der Waals surface area contributed by atoms with Crippen LogP contribution in [0.15, 0.2) is 42.5 Å². The van der Waals surface area contributed by atoms with Crippen molar-refractivity contribution in [3.05, 3.63) is 76.1 Å². The number of amides is 1. The van der Waals surface area contributed by atoms with Crippen molar-refractivity contribution in [3.8, 4) is 5.69 Å². The second-order valence-electron chi connectivity index (χ2n) is 7.67. The van der Waals surface area contributed by atoms with Gasteiger partial charge in [0.2, 0.25) is 0 Å². The predicted molar refractivity (Wildman–Crippen MR) is 114 cm³/mol. The molecule has 0 N–H and O–H groups in total. The van der Waals surface area contributed by atoms with E-state index in [2.05, 4.69) is 51.1 Å². The molecule has 0 bridgehead atoms. The average Bonchev–Trinajstić information content (AvgIpc) is 3.28. The number of anilines is 1. The Morgan fingerprint density at radius 3 is 2.61 bits per heavy atom. The molecule has 4 heteroatoms. The molecule has 28 heavy (non-hydrogen) atoms. The predicted octanol–water partition coefficient (Wildman–Crippen LogP) is 4.95. The van der Waals surface area contributed by atoms with Gasteiger partial charge in [-0.25, -0.2) is 4.68 Å². The van der Waals surface area contributed by atoms with Gasteiger partial charge in [-0.15, -0.1) is 0 Å². The van der Waals surface area contributed by atoms with E-state index < -0.39 is 0 Å². The Morgan fingerprint density at radius 1 is 1.07 bits per heavy atom. The van der Waals surface area contributed by atoms with Crippen LogP contribution >= 0.6 is 0 Å². The molecule has 1 aromatic heterocycles. The Bertz CT molecular complexity index is 1050. The first-order chi connectivity index (χ1) is 13.5. The van der Waals surface area contributed by atoms with Crippen LogP contribution in [0.1, 0.15) is 51.8 Å². The van der Waals surface area contributed by atoms with Crippen molar-refractivity contribution in [1.29, 1.82) is 0 Å². The lowest BCUT2D eigenvalue weighted by Gasteiger charge is -2.23. The fraction of sp³-hybridized carbons (Fsp3) is 0.333. The molecule has 0 saturated heterocycles. The van der Waals surface area contributed by atoms with Crippen LogP contribution in [0.25, 0.3) is 5.69 Å². The topological polar surface area (TPSA) is 38.1 Å². The molecule has 144 valence electrons. The summed E-state index contributed by atoms with van der Waals surface area (Å²) in [5.74, 6) is 0.00156. The fourth-order valence-corrected chi connectivity index (χ4v) is 4.17.